The molecule has 6 nitrogen and oxygen atoms in total. The van der Waals surface area contributed by atoms with E-state index in [1.165, 1.54) is 4.90 Å². The van der Waals surface area contributed by atoms with Gasteiger partial charge in [0.05, 0.1) is 6.10 Å². The predicted octanol–water partition coefficient (Wildman–Crippen LogP) is 0.652. The van der Waals surface area contributed by atoms with Crippen LogP contribution in [0.2, 0.25) is 0 Å². The molecule has 0 bridgehead atoms. The summed E-state index contributed by atoms with van der Waals surface area (Å²) in [5.74, 6) is -1.05. The van der Waals surface area contributed by atoms with E-state index < -0.39 is 29.6 Å². The van der Waals surface area contributed by atoms with E-state index >= 15 is 0 Å². The summed E-state index contributed by atoms with van der Waals surface area (Å²) in [7, 11) is 0. The summed E-state index contributed by atoms with van der Waals surface area (Å²) >= 11 is 0. The lowest BCUT2D eigenvalue weighted by atomic mass is 9.87. The predicted molar refractivity (Wildman–Crippen MR) is 66.2 cm³/mol. The number of aliphatic carboxylic acids is 1. The first-order valence-electron chi connectivity index (χ1n) is 6.18. The van der Waals surface area contributed by atoms with Crippen molar-refractivity contribution >= 4 is 12.0 Å². The van der Waals surface area contributed by atoms with Crippen LogP contribution in [0, 0.1) is 5.41 Å². The Morgan fingerprint density at radius 2 is 2.00 bits per heavy atom. The number of carboxylic acid groups (broad SMARTS) is 1. The summed E-state index contributed by atoms with van der Waals surface area (Å²) < 4.78 is 0. The maximum atomic E-state index is 11.9. The number of nitrogens with one attached hydrogen (secondary N) is 1. The number of urea groups is 1. The number of piperidine rings is 1. The quantitative estimate of drug-likeness (QED) is 0.678. The average molecular weight is 258 g/mol. The molecule has 18 heavy (non-hydrogen) atoms. The van der Waals surface area contributed by atoms with E-state index in [0.29, 0.717) is 13.0 Å². The summed E-state index contributed by atoms with van der Waals surface area (Å²) in [6.45, 7) is 6.10. The third kappa shape index (κ3) is 3.87. The number of hydrogen-bond acceptors (Lipinski definition) is 3. The number of aliphatic hydroxyl groups excluding tert-OH is 1. The van der Waals surface area contributed by atoms with E-state index in [-0.39, 0.29) is 6.54 Å². The van der Waals surface area contributed by atoms with Crippen LogP contribution in [0.3, 0.4) is 0 Å². The van der Waals surface area contributed by atoms with E-state index in [0.717, 1.165) is 6.42 Å². The number of carboxylic acids is 1. The van der Waals surface area contributed by atoms with Gasteiger partial charge in [0.15, 0.2) is 0 Å². The van der Waals surface area contributed by atoms with Crippen LogP contribution in [0.25, 0.3) is 0 Å². The molecule has 1 aliphatic heterocycles. The largest absolute Gasteiger partial charge is 0.480 e. The van der Waals surface area contributed by atoms with Crippen LogP contribution in [-0.4, -0.2) is 52.3 Å². The molecule has 1 heterocycles. The van der Waals surface area contributed by atoms with Crippen molar-refractivity contribution < 1.29 is 19.8 Å². The zero-order valence-electron chi connectivity index (χ0n) is 11.1. The molecule has 1 rings (SSSR count). The van der Waals surface area contributed by atoms with Gasteiger partial charge in [-0.1, -0.05) is 20.8 Å². The van der Waals surface area contributed by atoms with E-state index in [9.17, 15) is 14.7 Å². The van der Waals surface area contributed by atoms with E-state index in [4.69, 9.17) is 5.11 Å². The second-order valence-electron chi connectivity index (χ2n) is 5.83. The van der Waals surface area contributed by atoms with Gasteiger partial charge in [0.1, 0.15) is 6.04 Å². The zero-order chi connectivity index (χ0) is 13.9. The Bertz CT molecular complexity index is 325. The lowest BCUT2D eigenvalue weighted by Crippen LogP contribution is -2.55. The van der Waals surface area contributed by atoms with E-state index in [2.05, 4.69) is 5.32 Å². The Labute approximate surface area is 107 Å². The lowest BCUT2D eigenvalue weighted by Gasteiger charge is -2.34. The first kappa shape index (κ1) is 14.8. The zero-order valence-corrected chi connectivity index (χ0v) is 11.1. The molecule has 6 heteroatoms. The summed E-state index contributed by atoms with van der Waals surface area (Å²) in [6, 6.07) is -1.36. The Morgan fingerprint density at radius 3 is 2.44 bits per heavy atom. The molecule has 0 aromatic rings. The molecule has 0 saturated carbocycles. The fourth-order valence-electron chi connectivity index (χ4n) is 2.00. The Balaban J connectivity index is 2.64. The van der Waals surface area contributed by atoms with Crippen molar-refractivity contribution in [3.8, 4) is 0 Å². The average Bonchev–Trinajstić information content (AvgIpc) is 2.23. The highest BCUT2D eigenvalue weighted by atomic mass is 16.4. The number of β-amino-alcohol motifs (C(OH)–C–C–N with tert-alkyl or cyclic N) is 1. The second kappa shape index (κ2) is 5.56. The molecule has 0 aliphatic carbocycles. The Kier molecular flexibility index (Phi) is 4.56. The van der Waals surface area contributed by atoms with Crippen molar-refractivity contribution in [1.82, 2.24) is 10.2 Å². The minimum absolute atomic E-state index is 0.266. The van der Waals surface area contributed by atoms with Gasteiger partial charge >= 0.3 is 12.0 Å². The van der Waals surface area contributed by atoms with Gasteiger partial charge < -0.3 is 20.4 Å². The van der Waals surface area contributed by atoms with Gasteiger partial charge in [0.2, 0.25) is 0 Å². The first-order valence-corrected chi connectivity index (χ1v) is 6.18. The maximum absolute atomic E-state index is 11.9. The Morgan fingerprint density at radius 1 is 1.39 bits per heavy atom. The topological polar surface area (TPSA) is 89.9 Å². The fraction of sp³-hybridized carbons (Fsp3) is 0.833. The van der Waals surface area contributed by atoms with Crippen molar-refractivity contribution in [2.75, 3.05) is 13.1 Å². The lowest BCUT2D eigenvalue weighted by molar-refractivity contribution is -0.142. The molecule has 2 atom stereocenters. The highest BCUT2D eigenvalue weighted by molar-refractivity contribution is 5.83. The number of likely N-dealkylation sites (tertiary alicyclic amines) is 1. The molecule has 0 aromatic carbocycles. The molecule has 1 aliphatic rings. The molecule has 1 saturated heterocycles. The van der Waals surface area contributed by atoms with Crippen molar-refractivity contribution in [3.05, 3.63) is 0 Å². The van der Waals surface area contributed by atoms with Crippen molar-refractivity contribution in [1.29, 1.82) is 0 Å². The van der Waals surface area contributed by atoms with Crippen molar-refractivity contribution in [3.63, 3.8) is 0 Å². The molecule has 1 unspecified atom stereocenters. The van der Waals surface area contributed by atoms with Crippen LogP contribution in [0.5, 0.6) is 0 Å². The van der Waals surface area contributed by atoms with Crippen LogP contribution in [-0.2, 0) is 4.79 Å². The number of hydrogen-bond donors (Lipinski definition) is 3. The summed E-state index contributed by atoms with van der Waals surface area (Å²) in [5.41, 5.74) is -0.560. The smallest absolute Gasteiger partial charge is 0.326 e. The number of carbonyl (C=O) groups excluding carboxylic acids is 1. The summed E-state index contributed by atoms with van der Waals surface area (Å²) in [4.78, 5) is 24.6. The van der Waals surface area contributed by atoms with Crippen LogP contribution >= 0.6 is 0 Å². The van der Waals surface area contributed by atoms with E-state index in [1.54, 1.807) is 20.8 Å². The van der Waals surface area contributed by atoms with Crippen LogP contribution in [0.4, 0.5) is 4.79 Å². The highest BCUT2D eigenvalue weighted by Crippen LogP contribution is 2.20. The minimum Gasteiger partial charge on any atom is -0.480 e. The maximum Gasteiger partial charge on any atom is 0.326 e. The number of aliphatic hydroxyl groups is 1. The molecule has 0 aromatic heterocycles. The van der Waals surface area contributed by atoms with Gasteiger partial charge in [-0.3, -0.25) is 0 Å². The van der Waals surface area contributed by atoms with Gasteiger partial charge in [-0.2, -0.15) is 0 Å². The minimum atomic E-state index is -1.05. The second-order valence-corrected chi connectivity index (χ2v) is 5.83. The normalized spacial score (nSPS) is 22.4. The monoisotopic (exact) mass is 258 g/mol. The molecular weight excluding hydrogens is 236 g/mol. The number of amides is 2. The Hall–Kier alpha value is -1.30. The van der Waals surface area contributed by atoms with Gasteiger partial charge in [-0.15, -0.1) is 0 Å². The van der Waals surface area contributed by atoms with Crippen LogP contribution in [0.15, 0.2) is 0 Å². The first-order chi connectivity index (χ1) is 8.21. The molecule has 1 fully saturated rings. The van der Waals surface area contributed by atoms with Crippen molar-refractivity contribution in [2.45, 2.75) is 45.8 Å². The van der Waals surface area contributed by atoms with Crippen molar-refractivity contribution in [2.24, 2.45) is 5.41 Å². The number of rotatable bonds is 2. The molecule has 104 valence electrons. The van der Waals surface area contributed by atoms with Gasteiger partial charge in [0.25, 0.3) is 0 Å². The highest BCUT2D eigenvalue weighted by Gasteiger charge is 2.34. The molecule has 0 spiro atoms. The van der Waals surface area contributed by atoms with Gasteiger partial charge in [-0.25, -0.2) is 9.59 Å². The molecule has 0 radical (unpaired) electrons. The third-order valence-electron chi connectivity index (χ3n) is 3.06. The summed E-state index contributed by atoms with van der Waals surface area (Å²) in [5, 5.41) is 21.1. The third-order valence-corrected chi connectivity index (χ3v) is 3.06. The van der Waals surface area contributed by atoms with Crippen LogP contribution in [0.1, 0.15) is 33.6 Å². The van der Waals surface area contributed by atoms with E-state index in [1.807, 2.05) is 0 Å². The fourth-order valence-corrected chi connectivity index (χ4v) is 2.00. The molecule has 2 amide bonds. The SMILES string of the molecule is CC(C)(C)[C@@H](NC(=O)N1CCCC(O)C1)C(=O)O. The van der Waals surface area contributed by atoms with Gasteiger partial charge in [-0.05, 0) is 18.3 Å². The summed E-state index contributed by atoms with van der Waals surface area (Å²) in [6.07, 6.45) is 0.912. The number of carbonyl (C=O) groups is 2. The molecular formula is C12H22N2O4. The standard InChI is InChI=1S/C12H22N2O4/c1-12(2,3)9(10(16)17)13-11(18)14-6-4-5-8(15)7-14/h8-9,15H,4-7H2,1-3H3,(H,13,18)(H,16,17)/t8?,9-/m0/s1. The number of nitrogens with zero attached hydrogens (tertiary/aromatic N) is 1. The molecule has 3 N–H and O–H groups in total. The van der Waals surface area contributed by atoms with Gasteiger partial charge in [0, 0.05) is 13.1 Å². The van der Waals surface area contributed by atoms with Crippen LogP contribution < -0.4 is 5.32 Å².